The average molecular weight is 420 g/mol. The lowest BCUT2D eigenvalue weighted by Crippen LogP contribution is -2.29. The van der Waals surface area contributed by atoms with E-state index >= 15 is 0 Å². The van der Waals surface area contributed by atoms with Gasteiger partial charge < -0.3 is 5.32 Å². The molecule has 8 heteroatoms. The molecule has 1 aromatic heterocycles. The largest absolute Gasteiger partial charge is 0.338 e. The first-order valence-corrected chi connectivity index (χ1v) is 8.76. The molecule has 0 aliphatic heterocycles. The molecule has 23 heavy (non-hydrogen) atoms. The predicted molar refractivity (Wildman–Crippen MR) is 97.4 cm³/mol. The molecule has 0 fully saturated rings. The monoisotopic (exact) mass is 418 g/mol. The molecule has 1 heterocycles. The fourth-order valence-corrected chi connectivity index (χ4v) is 2.65. The van der Waals surface area contributed by atoms with Crippen LogP contribution in [0.15, 0.2) is 28.9 Å². The van der Waals surface area contributed by atoms with Gasteiger partial charge in [-0.25, -0.2) is 4.79 Å². The maximum Gasteiger partial charge on any atom is 0.320 e. The highest BCUT2D eigenvalue weighted by Gasteiger charge is 2.10. The van der Waals surface area contributed by atoms with Crippen molar-refractivity contribution in [1.82, 2.24) is 15.1 Å². The lowest BCUT2D eigenvalue weighted by Gasteiger charge is -2.05. The Morgan fingerprint density at radius 2 is 2.13 bits per heavy atom. The molecule has 0 aliphatic carbocycles. The van der Waals surface area contributed by atoms with Gasteiger partial charge in [0.2, 0.25) is 0 Å². The number of unbranched alkanes of at least 4 members (excludes halogenated alkanes) is 1. The Labute approximate surface area is 153 Å². The number of benzene rings is 1. The van der Waals surface area contributed by atoms with Crippen LogP contribution < -0.4 is 10.6 Å². The fraction of sp³-hybridized carbons (Fsp3) is 0.333. The van der Waals surface area contributed by atoms with E-state index in [1.165, 1.54) is 0 Å². The van der Waals surface area contributed by atoms with E-state index in [0.29, 0.717) is 33.4 Å². The van der Waals surface area contributed by atoms with E-state index in [4.69, 9.17) is 23.2 Å². The molecule has 2 rings (SSSR count). The van der Waals surface area contributed by atoms with Gasteiger partial charge in [0.15, 0.2) is 5.82 Å². The van der Waals surface area contributed by atoms with E-state index in [1.54, 1.807) is 23.0 Å². The van der Waals surface area contributed by atoms with Gasteiger partial charge in [-0.3, -0.25) is 10.00 Å². The highest BCUT2D eigenvalue weighted by molar-refractivity contribution is 9.10. The van der Waals surface area contributed by atoms with Crippen molar-refractivity contribution in [2.75, 3.05) is 11.9 Å². The maximum atomic E-state index is 11.8. The van der Waals surface area contributed by atoms with Gasteiger partial charge >= 0.3 is 6.03 Å². The number of hydrogen-bond acceptors (Lipinski definition) is 2. The number of amides is 2. The van der Waals surface area contributed by atoms with E-state index in [0.717, 1.165) is 18.4 Å². The minimum absolute atomic E-state index is 0.265. The zero-order chi connectivity index (χ0) is 16.8. The van der Waals surface area contributed by atoms with Crippen LogP contribution in [0.1, 0.15) is 25.3 Å². The molecule has 0 spiro atoms. The third kappa shape index (κ3) is 5.41. The zero-order valence-electron chi connectivity index (χ0n) is 12.6. The first kappa shape index (κ1) is 18.1. The van der Waals surface area contributed by atoms with Crippen molar-refractivity contribution in [1.29, 1.82) is 0 Å². The molecule has 0 saturated heterocycles. The zero-order valence-corrected chi connectivity index (χ0v) is 15.7. The number of anilines is 1. The van der Waals surface area contributed by atoms with Crippen LogP contribution in [0.5, 0.6) is 0 Å². The van der Waals surface area contributed by atoms with Gasteiger partial charge in [0.25, 0.3) is 0 Å². The van der Waals surface area contributed by atoms with E-state index in [-0.39, 0.29) is 6.03 Å². The first-order valence-electron chi connectivity index (χ1n) is 7.21. The summed E-state index contributed by atoms with van der Waals surface area (Å²) in [4.78, 5) is 11.8. The number of hydrogen-bond donors (Lipinski definition) is 2. The Hall–Kier alpha value is -1.24. The second kappa shape index (κ2) is 8.57. The molecular formula is C15H17BrCl2N4O. The number of rotatable bonds is 6. The van der Waals surface area contributed by atoms with E-state index in [2.05, 4.69) is 38.6 Å². The summed E-state index contributed by atoms with van der Waals surface area (Å²) in [6.45, 7) is 3.24. The Bertz CT molecular complexity index is 690. The van der Waals surface area contributed by atoms with Crippen LogP contribution in [0, 0.1) is 0 Å². The van der Waals surface area contributed by atoms with E-state index in [9.17, 15) is 4.79 Å². The van der Waals surface area contributed by atoms with Crippen molar-refractivity contribution in [2.45, 2.75) is 26.3 Å². The molecule has 2 amide bonds. The summed E-state index contributed by atoms with van der Waals surface area (Å²) in [5.74, 6) is 0.471. The summed E-state index contributed by atoms with van der Waals surface area (Å²) in [5.41, 5.74) is 0.966. The number of nitrogens with one attached hydrogen (secondary N) is 2. The van der Waals surface area contributed by atoms with Gasteiger partial charge in [0.1, 0.15) is 0 Å². The molecule has 1 aromatic carbocycles. The number of nitrogens with zero attached hydrogens (tertiary/aromatic N) is 2. The SMILES string of the molecule is CCCCNC(=O)Nc1nn(Cc2ccc(Cl)c(Cl)c2)cc1Br. The Morgan fingerprint density at radius 3 is 2.83 bits per heavy atom. The minimum Gasteiger partial charge on any atom is -0.338 e. The normalized spacial score (nSPS) is 10.6. The third-order valence-electron chi connectivity index (χ3n) is 3.09. The molecule has 0 bridgehead atoms. The molecule has 2 N–H and O–H groups in total. The fourth-order valence-electron chi connectivity index (χ4n) is 1.92. The van der Waals surface area contributed by atoms with Gasteiger partial charge in [-0.15, -0.1) is 0 Å². The molecule has 124 valence electrons. The lowest BCUT2D eigenvalue weighted by atomic mass is 10.2. The molecule has 0 saturated carbocycles. The van der Waals surface area contributed by atoms with Crippen LogP contribution >= 0.6 is 39.1 Å². The van der Waals surface area contributed by atoms with Gasteiger partial charge in [-0.05, 0) is 40.0 Å². The third-order valence-corrected chi connectivity index (χ3v) is 4.41. The molecule has 0 unspecified atom stereocenters. The van der Waals surface area contributed by atoms with Crippen molar-refractivity contribution in [3.63, 3.8) is 0 Å². The maximum absolute atomic E-state index is 11.8. The lowest BCUT2D eigenvalue weighted by molar-refractivity contribution is 0.252. The summed E-state index contributed by atoms with van der Waals surface area (Å²) >= 11 is 15.3. The van der Waals surface area contributed by atoms with Crippen LogP contribution in [0.4, 0.5) is 10.6 Å². The van der Waals surface area contributed by atoms with E-state index in [1.807, 2.05) is 6.07 Å². The summed E-state index contributed by atoms with van der Waals surface area (Å²) in [6, 6.07) is 5.16. The van der Waals surface area contributed by atoms with Crippen LogP contribution in [-0.2, 0) is 6.54 Å². The quantitative estimate of drug-likeness (QED) is 0.652. The Kier molecular flexibility index (Phi) is 6.74. The molecule has 5 nitrogen and oxygen atoms in total. The van der Waals surface area contributed by atoms with Gasteiger partial charge in [0.05, 0.1) is 21.1 Å². The van der Waals surface area contributed by atoms with Crippen LogP contribution in [0.25, 0.3) is 0 Å². The molecule has 2 aromatic rings. The summed E-state index contributed by atoms with van der Waals surface area (Å²) in [7, 11) is 0. The highest BCUT2D eigenvalue weighted by atomic mass is 79.9. The van der Waals surface area contributed by atoms with Crippen molar-refractivity contribution in [2.24, 2.45) is 0 Å². The summed E-state index contributed by atoms with van der Waals surface area (Å²) < 4.78 is 2.42. The Balaban J connectivity index is 2.00. The van der Waals surface area contributed by atoms with Gasteiger partial charge in [0, 0.05) is 12.7 Å². The second-order valence-electron chi connectivity index (χ2n) is 5.01. The second-order valence-corrected chi connectivity index (χ2v) is 6.67. The Morgan fingerprint density at radius 1 is 1.35 bits per heavy atom. The minimum atomic E-state index is -0.265. The van der Waals surface area contributed by atoms with E-state index < -0.39 is 0 Å². The number of aromatic nitrogens is 2. The average Bonchev–Trinajstić information content (AvgIpc) is 2.83. The van der Waals surface area contributed by atoms with Crippen LogP contribution in [-0.4, -0.2) is 22.4 Å². The molecule has 0 aliphatic rings. The van der Waals surface area contributed by atoms with Crippen molar-refractivity contribution < 1.29 is 4.79 Å². The number of urea groups is 1. The van der Waals surface area contributed by atoms with Crippen molar-refractivity contribution in [3.8, 4) is 0 Å². The predicted octanol–water partition coefficient (Wildman–Crippen LogP) is 4.92. The van der Waals surface area contributed by atoms with Crippen LogP contribution in [0.2, 0.25) is 10.0 Å². The van der Waals surface area contributed by atoms with Gasteiger partial charge in [-0.2, -0.15) is 5.10 Å². The number of halogens is 3. The van der Waals surface area contributed by atoms with Crippen molar-refractivity contribution in [3.05, 3.63) is 44.5 Å². The highest BCUT2D eigenvalue weighted by Crippen LogP contribution is 2.24. The smallest absolute Gasteiger partial charge is 0.320 e. The topological polar surface area (TPSA) is 59.0 Å². The molecular weight excluding hydrogens is 403 g/mol. The first-order chi connectivity index (χ1) is 11.0. The standard InChI is InChI=1S/C15H17BrCl2N4O/c1-2-3-6-19-15(23)20-14-11(16)9-22(21-14)8-10-4-5-12(17)13(18)7-10/h4-5,7,9H,2-3,6,8H2,1H3,(H2,19,20,21,23). The molecule has 0 atom stereocenters. The number of carbonyl (C=O) groups excluding carboxylic acids is 1. The van der Waals surface area contributed by atoms with Gasteiger partial charge in [-0.1, -0.05) is 42.6 Å². The molecule has 0 radical (unpaired) electrons. The number of carbonyl (C=O) groups is 1. The van der Waals surface area contributed by atoms with Crippen LogP contribution in [0.3, 0.4) is 0 Å². The van der Waals surface area contributed by atoms with Crippen molar-refractivity contribution >= 4 is 51.0 Å². The summed E-state index contributed by atoms with van der Waals surface area (Å²) in [6.07, 6.45) is 3.77. The summed E-state index contributed by atoms with van der Waals surface area (Å²) in [5, 5.41) is 10.9.